The molecule has 7 nitrogen and oxygen atoms in total. The molecule has 0 saturated heterocycles. The second-order valence-corrected chi connectivity index (χ2v) is 9.69. The van der Waals surface area contributed by atoms with Crippen LogP contribution in [0.3, 0.4) is 0 Å². The minimum atomic E-state index is -3.56. The van der Waals surface area contributed by atoms with E-state index in [9.17, 15) is 22.3 Å². The third kappa shape index (κ3) is 4.57. The van der Waals surface area contributed by atoms with Gasteiger partial charge in [0.25, 0.3) is 5.91 Å². The van der Waals surface area contributed by atoms with Crippen LogP contribution < -0.4 is 9.44 Å². The average molecular weight is 409 g/mol. The summed E-state index contributed by atoms with van der Waals surface area (Å²) in [6.45, 7) is 2.12. The number of carbonyl (C=O) groups is 1. The van der Waals surface area contributed by atoms with Gasteiger partial charge in [0.1, 0.15) is 0 Å². The molecule has 0 spiro atoms. The van der Waals surface area contributed by atoms with Gasteiger partial charge in [-0.3, -0.25) is 13.9 Å². The van der Waals surface area contributed by atoms with Crippen LogP contribution in [0.4, 0.5) is 0 Å². The maximum absolute atomic E-state index is 12.3. The molecule has 0 bridgehead atoms. The lowest BCUT2D eigenvalue weighted by Crippen LogP contribution is -2.26. The number of hydrogen-bond donors (Lipinski definition) is 4. The Bertz CT molecular complexity index is 981. The Balaban J connectivity index is 1.62. The van der Waals surface area contributed by atoms with Crippen molar-refractivity contribution >= 4 is 31.6 Å². The zero-order valence-electron chi connectivity index (χ0n) is 14.5. The van der Waals surface area contributed by atoms with E-state index in [0.29, 0.717) is 12.0 Å². The Labute approximate surface area is 159 Å². The van der Waals surface area contributed by atoms with Crippen molar-refractivity contribution in [2.24, 2.45) is 0 Å². The van der Waals surface area contributed by atoms with Gasteiger partial charge in [-0.25, -0.2) is 17.9 Å². The molecule has 144 valence electrons. The summed E-state index contributed by atoms with van der Waals surface area (Å²) >= 11 is 0. The molecule has 1 amide bonds. The molecule has 1 aliphatic heterocycles. The number of sulfonamides is 1. The van der Waals surface area contributed by atoms with Crippen molar-refractivity contribution in [2.45, 2.75) is 18.2 Å². The second-order valence-electron chi connectivity index (χ2n) is 6.18. The van der Waals surface area contributed by atoms with Gasteiger partial charge in [0, 0.05) is 12.6 Å². The van der Waals surface area contributed by atoms with Crippen LogP contribution in [0.25, 0.3) is 4.91 Å². The van der Waals surface area contributed by atoms with E-state index < -0.39 is 26.7 Å². The van der Waals surface area contributed by atoms with Gasteiger partial charge in [0.05, 0.1) is 9.80 Å². The zero-order chi connectivity index (χ0) is 19.7. The summed E-state index contributed by atoms with van der Waals surface area (Å²) in [6.07, 6.45) is 1.64. The second kappa shape index (κ2) is 7.45. The SMILES string of the molecule is Cc1ccc(S(=O)(=O)NCCc2ccc(C3=CC(=O)NS3(O)O)cc2)cc1. The largest absolute Gasteiger partial charge is 0.278 e. The normalized spacial score (nSPS) is 17.3. The molecule has 1 aliphatic rings. The molecule has 1 heterocycles. The van der Waals surface area contributed by atoms with E-state index in [-0.39, 0.29) is 16.3 Å². The van der Waals surface area contributed by atoms with E-state index in [0.717, 1.165) is 11.1 Å². The fourth-order valence-electron chi connectivity index (χ4n) is 2.64. The zero-order valence-corrected chi connectivity index (χ0v) is 16.2. The van der Waals surface area contributed by atoms with Crippen LogP contribution in [-0.4, -0.2) is 30.0 Å². The van der Waals surface area contributed by atoms with Crippen LogP contribution in [0.15, 0.2) is 59.5 Å². The average Bonchev–Trinajstić information content (AvgIpc) is 2.88. The van der Waals surface area contributed by atoms with Gasteiger partial charge >= 0.3 is 0 Å². The molecule has 0 aliphatic carbocycles. The van der Waals surface area contributed by atoms with Crippen LogP contribution in [0.1, 0.15) is 16.7 Å². The lowest BCUT2D eigenvalue weighted by molar-refractivity contribution is -0.114. The Hall–Kier alpha value is -2.17. The third-order valence-electron chi connectivity index (χ3n) is 4.09. The highest BCUT2D eigenvalue weighted by Crippen LogP contribution is 2.52. The first-order valence-corrected chi connectivity index (χ1v) is 11.2. The topological polar surface area (TPSA) is 116 Å². The van der Waals surface area contributed by atoms with Crippen molar-refractivity contribution in [3.05, 3.63) is 71.3 Å². The predicted octanol–water partition coefficient (Wildman–Crippen LogP) is 2.65. The molecule has 3 rings (SSSR count). The number of hydrogen-bond acceptors (Lipinski definition) is 5. The molecule has 0 unspecified atom stereocenters. The van der Waals surface area contributed by atoms with E-state index in [2.05, 4.69) is 9.44 Å². The Kier molecular flexibility index (Phi) is 5.41. The van der Waals surface area contributed by atoms with E-state index in [1.165, 1.54) is 6.08 Å². The van der Waals surface area contributed by atoms with Crippen molar-refractivity contribution in [3.63, 3.8) is 0 Å². The van der Waals surface area contributed by atoms with Crippen molar-refractivity contribution < 1.29 is 22.3 Å². The van der Waals surface area contributed by atoms with Gasteiger partial charge in [-0.1, -0.05) is 52.7 Å². The first-order valence-electron chi connectivity index (χ1n) is 8.15. The molecule has 9 heteroatoms. The predicted molar refractivity (Wildman–Crippen MR) is 105 cm³/mol. The van der Waals surface area contributed by atoms with Crippen molar-refractivity contribution in [1.29, 1.82) is 0 Å². The van der Waals surface area contributed by atoms with Crippen LogP contribution in [0, 0.1) is 6.92 Å². The minimum Gasteiger partial charge on any atom is -0.278 e. The summed E-state index contributed by atoms with van der Waals surface area (Å²) in [4.78, 5) is 11.7. The molecule has 2 aromatic carbocycles. The molecule has 0 saturated carbocycles. The van der Waals surface area contributed by atoms with Gasteiger partial charge in [-0.2, -0.15) is 0 Å². The summed E-state index contributed by atoms with van der Waals surface area (Å²) in [5.74, 6) is -0.542. The van der Waals surface area contributed by atoms with E-state index in [1.807, 2.05) is 6.92 Å². The molecular weight excluding hydrogens is 388 g/mol. The maximum Gasteiger partial charge on any atom is 0.264 e. The highest BCUT2D eigenvalue weighted by molar-refractivity contribution is 8.31. The lowest BCUT2D eigenvalue weighted by Gasteiger charge is -2.29. The van der Waals surface area contributed by atoms with E-state index >= 15 is 0 Å². The summed E-state index contributed by atoms with van der Waals surface area (Å²) in [5, 5.41) is 0. The molecule has 0 fully saturated rings. The fraction of sp³-hybridized carbons (Fsp3) is 0.167. The standard InChI is InChI=1S/C18H20N2O5S2/c1-13-2-8-16(9-3-13)26(22,23)19-11-10-14-4-6-15(7-5-14)17-12-18(21)20-27(17,24)25/h2-9,12,19,24-25H,10-11H2,1H3,(H,20,21). The Morgan fingerprint density at radius 2 is 1.67 bits per heavy atom. The molecule has 27 heavy (non-hydrogen) atoms. The van der Waals surface area contributed by atoms with Gasteiger partial charge in [-0.15, -0.1) is 0 Å². The molecule has 0 radical (unpaired) electrons. The lowest BCUT2D eigenvalue weighted by atomic mass is 10.1. The molecule has 2 aromatic rings. The quantitative estimate of drug-likeness (QED) is 0.586. The molecular formula is C18H20N2O5S2. The molecule has 0 atom stereocenters. The first-order chi connectivity index (χ1) is 12.7. The monoisotopic (exact) mass is 408 g/mol. The van der Waals surface area contributed by atoms with E-state index in [1.54, 1.807) is 48.5 Å². The number of nitrogens with one attached hydrogen (secondary N) is 2. The van der Waals surface area contributed by atoms with Crippen LogP contribution in [0.2, 0.25) is 0 Å². The van der Waals surface area contributed by atoms with Crippen molar-refractivity contribution in [2.75, 3.05) is 6.54 Å². The van der Waals surface area contributed by atoms with Crippen LogP contribution in [0.5, 0.6) is 0 Å². The smallest absolute Gasteiger partial charge is 0.264 e. The fourth-order valence-corrected chi connectivity index (χ4v) is 4.86. The summed E-state index contributed by atoms with van der Waals surface area (Å²) < 4.78 is 48.9. The minimum absolute atomic E-state index is 0.152. The van der Waals surface area contributed by atoms with Gasteiger partial charge in [0.15, 0.2) is 0 Å². The summed E-state index contributed by atoms with van der Waals surface area (Å²) in [7, 11) is -6.86. The summed E-state index contributed by atoms with van der Waals surface area (Å²) in [5.41, 5.74) is 2.39. The number of carbonyl (C=O) groups excluding carboxylic acids is 1. The Morgan fingerprint density at radius 1 is 1.04 bits per heavy atom. The highest BCUT2D eigenvalue weighted by atomic mass is 32.3. The van der Waals surface area contributed by atoms with Crippen LogP contribution >= 0.6 is 10.8 Å². The third-order valence-corrected chi connectivity index (χ3v) is 7.02. The number of benzene rings is 2. The highest BCUT2D eigenvalue weighted by Gasteiger charge is 2.29. The van der Waals surface area contributed by atoms with Gasteiger partial charge < -0.3 is 0 Å². The van der Waals surface area contributed by atoms with Gasteiger partial charge in [-0.05, 0) is 36.6 Å². The Morgan fingerprint density at radius 3 is 2.22 bits per heavy atom. The number of amides is 1. The first kappa shape index (κ1) is 19.6. The van der Waals surface area contributed by atoms with Gasteiger partial charge in [0.2, 0.25) is 10.0 Å². The summed E-state index contributed by atoms with van der Waals surface area (Å²) in [6, 6.07) is 13.5. The molecule has 4 N–H and O–H groups in total. The maximum atomic E-state index is 12.3. The molecule has 0 aromatic heterocycles. The van der Waals surface area contributed by atoms with Crippen molar-refractivity contribution in [1.82, 2.24) is 9.44 Å². The van der Waals surface area contributed by atoms with E-state index in [4.69, 9.17) is 0 Å². The van der Waals surface area contributed by atoms with Crippen LogP contribution in [-0.2, 0) is 21.2 Å². The number of rotatable bonds is 6. The number of aryl methyl sites for hydroxylation is 1. The van der Waals surface area contributed by atoms with Crippen molar-refractivity contribution in [3.8, 4) is 0 Å².